The number of ether oxygens (including phenoxy) is 1. The van der Waals surface area contributed by atoms with Crippen LogP contribution < -0.4 is 10.1 Å². The average Bonchev–Trinajstić information content (AvgIpc) is 2.95. The molecule has 26 heavy (non-hydrogen) atoms. The monoisotopic (exact) mass is 373 g/mol. The lowest BCUT2D eigenvalue weighted by Crippen LogP contribution is -2.28. The van der Waals surface area contributed by atoms with Gasteiger partial charge in [0.2, 0.25) is 0 Å². The van der Waals surface area contributed by atoms with Gasteiger partial charge in [-0.2, -0.15) is 5.10 Å². The van der Waals surface area contributed by atoms with E-state index in [0.29, 0.717) is 17.0 Å². The summed E-state index contributed by atoms with van der Waals surface area (Å²) in [5.74, 6) is -0.115. The maximum absolute atomic E-state index is 12.8. The first-order chi connectivity index (χ1) is 12.6. The number of para-hydroxylation sites is 1. The van der Waals surface area contributed by atoms with Crippen LogP contribution in [0.3, 0.4) is 0 Å². The number of rotatable bonds is 6. The molecule has 0 aliphatic rings. The van der Waals surface area contributed by atoms with Gasteiger partial charge in [-0.1, -0.05) is 29.8 Å². The second kappa shape index (κ2) is 8.01. The average molecular weight is 374 g/mol. The molecule has 0 aliphatic carbocycles. The molecule has 0 unspecified atom stereocenters. The Labute approximate surface area is 155 Å². The maximum Gasteiger partial charge on any atom is 0.256 e. The van der Waals surface area contributed by atoms with Gasteiger partial charge in [0.05, 0.1) is 23.5 Å². The third-order valence-electron chi connectivity index (χ3n) is 3.70. The number of hydrogen-bond donors (Lipinski definition) is 1. The van der Waals surface area contributed by atoms with Crippen LogP contribution in [0.5, 0.6) is 5.75 Å². The molecule has 1 N–H and O–H groups in total. The Morgan fingerprint density at radius 2 is 1.88 bits per heavy atom. The lowest BCUT2D eigenvalue weighted by molar-refractivity contribution is 0.0946. The summed E-state index contributed by atoms with van der Waals surface area (Å²) in [7, 11) is 0. The fraction of sp³-hybridized carbons (Fsp3) is 0.158. The van der Waals surface area contributed by atoms with Gasteiger partial charge in [-0.05, 0) is 43.3 Å². The minimum absolute atomic E-state index is 0.251. The van der Waals surface area contributed by atoms with Gasteiger partial charge in [0.15, 0.2) is 0 Å². The predicted molar refractivity (Wildman–Crippen MR) is 97.5 cm³/mol. The molecule has 5 nitrogen and oxygen atoms in total. The summed E-state index contributed by atoms with van der Waals surface area (Å²) in [6.45, 7) is 2.26. The van der Waals surface area contributed by atoms with Crippen LogP contribution in [0.25, 0.3) is 5.69 Å². The Bertz CT molecular complexity index is 895. The molecule has 3 rings (SSSR count). The maximum atomic E-state index is 12.8. The van der Waals surface area contributed by atoms with Gasteiger partial charge in [0.25, 0.3) is 5.91 Å². The number of benzene rings is 2. The minimum atomic E-state index is -0.328. The Hall–Kier alpha value is -2.86. The first kappa shape index (κ1) is 17.9. The van der Waals surface area contributed by atoms with Gasteiger partial charge in [-0.15, -0.1) is 0 Å². The van der Waals surface area contributed by atoms with Crippen molar-refractivity contribution in [1.82, 2.24) is 15.1 Å². The number of aromatic nitrogens is 2. The van der Waals surface area contributed by atoms with Crippen LogP contribution in [0.4, 0.5) is 4.39 Å². The highest BCUT2D eigenvalue weighted by Crippen LogP contribution is 2.23. The zero-order valence-corrected chi connectivity index (χ0v) is 14.8. The van der Waals surface area contributed by atoms with E-state index in [9.17, 15) is 9.18 Å². The molecule has 0 saturated heterocycles. The smallest absolute Gasteiger partial charge is 0.256 e. The van der Waals surface area contributed by atoms with Gasteiger partial charge in [-0.3, -0.25) is 4.79 Å². The molecule has 1 amide bonds. The second-order valence-corrected chi connectivity index (χ2v) is 5.91. The quantitative estimate of drug-likeness (QED) is 0.669. The molecule has 3 aromatic rings. The van der Waals surface area contributed by atoms with E-state index < -0.39 is 0 Å². The van der Waals surface area contributed by atoms with E-state index in [1.165, 1.54) is 28.9 Å². The Kier molecular flexibility index (Phi) is 5.53. The molecule has 0 atom stereocenters. The van der Waals surface area contributed by atoms with Crippen molar-refractivity contribution in [1.29, 1.82) is 0 Å². The minimum Gasteiger partial charge on any atom is -0.492 e. The molecule has 0 radical (unpaired) electrons. The number of amides is 1. The number of hydrogen-bond acceptors (Lipinski definition) is 3. The van der Waals surface area contributed by atoms with Gasteiger partial charge >= 0.3 is 0 Å². The Morgan fingerprint density at radius 3 is 2.58 bits per heavy atom. The Balaban J connectivity index is 1.61. The molecular weight excluding hydrogens is 357 g/mol. The number of nitrogens with zero attached hydrogens (tertiary/aromatic N) is 2. The molecule has 1 heterocycles. The molecule has 2 aromatic carbocycles. The summed E-state index contributed by atoms with van der Waals surface area (Å²) in [6, 6.07) is 15.0. The SMILES string of the molecule is Cc1nn(-c2ccccc2)c(Cl)c1C(=O)NCCOc1ccc(F)cc1. The molecule has 0 fully saturated rings. The van der Waals surface area contributed by atoms with Crippen LogP contribution in [-0.2, 0) is 0 Å². The Morgan fingerprint density at radius 1 is 1.19 bits per heavy atom. The second-order valence-electron chi connectivity index (χ2n) is 5.56. The van der Waals surface area contributed by atoms with Crippen LogP contribution in [0.2, 0.25) is 5.15 Å². The van der Waals surface area contributed by atoms with Gasteiger partial charge < -0.3 is 10.1 Å². The third kappa shape index (κ3) is 4.03. The van der Waals surface area contributed by atoms with Crippen LogP contribution in [0.15, 0.2) is 54.6 Å². The summed E-state index contributed by atoms with van der Waals surface area (Å²) in [6.07, 6.45) is 0. The van der Waals surface area contributed by atoms with Crippen molar-refractivity contribution in [2.75, 3.05) is 13.2 Å². The highest BCUT2D eigenvalue weighted by atomic mass is 35.5. The number of halogens is 2. The van der Waals surface area contributed by atoms with E-state index in [4.69, 9.17) is 16.3 Å². The molecule has 134 valence electrons. The van der Waals surface area contributed by atoms with Crippen molar-refractivity contribution in [2.45, 2.75) is 6.92 Å². The van der Waals surface area contributed by atoms with Gasteiger partial charge in [-0.25, -0.2) is 9.07 Å². The first-order valence-corrected chi connectivity index (χ1v) is 8.41. The number of nitrogens with one attached hydrogen (secondary N) is 1. The molecule has 1 aromatic heterocycles. The zero-order valence-electron chi connectivity index (χ0n) is 14.1. The van der Waals surface area contributed by atoms with Crippen molar-refractivity contribution >= 4 is 17.5 Å². The van der Waals surface area contributed by atoms with E-state index >= 15 is 0 Å². The molecule has 0 bridgehead atoms. The summed E-state index contributed by atoms with van der Waals surface area (Å²) < 4.78 is 19.8. The number of aryl methyl sites for hydroxylation is 1. The topological polar surface area (TPSA) is 56.2 Å². The van der Waals surface area contributed by atoms with Crippen molar-refractivity contribution in [2.24, 2.45) is 0 Å². The fourth-order valence-corrected chi connectivity index (χ4v) is 2.81. The molecule has 0 saturated carbocycles. The van der Waals surface area contributed by atoms with Crippen LogP contribution >= 0.6 is 11.6 Å². The summed E-state index contributed by atoms with van der Waals surface area (Å²) in [4.78, 5) is 12.4. The lowest BCUT2D eigenvalue weighted by Gasteiger charge is -2.08. The summed E-state index contributed by atoms with van der Waals surface area (Å²) in [5, 5.41) is 7.35. The van der Waals surface area contributed by atoms with Crippen molar-refractivity contribution < 1.29 is 13.9 Å². The van der Waals surface area contributed by atoms with Gasteiger partial charge in [0.1, 0.15) is 23.3 Å². The van der Waals surface area contributed by atoms with E-state index in [1.54, 1.807) is 6.92 Å². The van der Waals surface area contributed by atoms with Crippen molar-refractivity contribution in [3.8, 4) is 11.4 Å². The molecule has 7 heteroatoms. The third-order valence-corrected chi connectivity index (χ3v) is 4.05. The molecule has 0 spiro atoms. The van der Waals surface area contributed by atoms with E-state index in [0.717, 1.165) is 5.69 Å². The predicted octanol–water partition coefficient (Wildman–Crippen LogP) is 3.78. The lowest BCUT2D eigenvalue weighted by atomic mass is 10.2. The van der Waals surface area contributed by atoms with E-state index in [-0.39, 0.29) is 30.0 Å². The fourth-order valence-electron chi connectivity index (χ4n) is 2.45. The van der Waals surface area contributed by atoms with Crippen molar-refractivity contribution in [3.63, 3.8) is 0 Å². The van der Waals surface area contributed by atoms with Gasteiger partial charge in [0, 0.05) is 0 Å². The standard InChI is InChI=1S/C19H17ClFN3O2/c1-13-17(18(20)24(23-13)15-5-3-2-4-6-15)19(25)22-11-12-26-16-9-7-14(21)8-10-16/h2-10H,11-12H2,1H3,(H,22,25). The highest BCUT2D eigenvalue weighted by Gasteiger charge is 2.20. The largest absolute Gasteiger partial charge is 0.492 e. The normalized spacial score (nSPS) is 10.6. The number of carbonyl (C=O) groups excluding carboxylic acids is 1. The van der Waals surface area contributed by atoms with Crippen molar-refractivity contribution in [3.05, 3.63) is 76.8 Å². The van der Waals surface area contributed by atoms with Crippen LogP contribution in [0, 0.1) is 12.7 Å². The summed E-state index contributed by atoms with van der Waals surface area (Å²) >= 11 is 6.36. The summed E-state index contributed by atoms with van der Waals surface area (Å²) in [5.41, 5.74) is 1.65. The van der Waals surface area contributed by atoms with Crippen LogP contribution in [0.1, 0.15) is 16.1 Å². The zero-order chi connectivity index (χ0) is 18.5. The number of carbonyl (C=O) groups is 1. The van der Waals surface area contributed by atoms with E-state index in [1.807, 2.05) is 30.3 Å². The van der Waals surface area contributed by atoms with Crippen LogP contribution in [-0.4, -0.2) is 28.8 Å². The molecular formula is C19H17ClFN3O2. The molecule has 0 aliphatic heterocycles. The highest BCUT2D eigenvalue weighted by molar-refractivity contribution is 6.33. The first-order valence-electron chi connectivity index (χ1n) is 8.03. The van der Waals surface area contributed by atoms with E-state index in [2.05, 4.69) is 10.4 Å².